The number of ether oxygens (including phenoxy) is 1. The van der Waals surface area contributed by atoms with Crippen molar-refractivity contribution in [2.45, 2.75) is 13.3 Å². The van der Waals surface area contributed by atoms with Crippen LogP contribution in [-0.4, -0.2) is 24.7 Å². The standard InChI is InChI=1S/C20H20N2O4/c1-12(23)13-7-9-14(10-8-13)21-19(24)15-11-16(15)20(25)22-17-5-3-4-6-18(17)26-2/h3-10,15-16H,11H2,1-2H3,(H,21,24)(H,22,25). The van der Waals surface area contributed by atoms with Crippen molar-refractivity contribution in [3.8, 4) is 5.75 Å². The molecular formula is C20H20N2O4. The Kier molecular flexibility index (Phi) is 5.02. The van der Waals surface area contributed by atoms with Crippen molar-refractivity contribution in [2.24, 2.45) is 11.8 Å². The second-order valence-corrected chi connectivity index (χ2v) is 6.26. The van der Waals surface area contributed by atoms with Gasteiger partial charge in [0.1, 0.15) is 5.75 Å². The number of para-hydroxylation sites is 2. The van der Waals surface area contributed by atoms with Crippen LogP contribution >= 0.6 is 0 Å². The zero-order valence-corrected chi connectivity index (χ0v) is 14.6. The number of nitrogens with one attached hydrogen (secondary N) is 2. The lowest BCUT2D eigenvalue weighted by atomic mass is 10.1. The number of ketones is 1. The molecule has 2 aromatic rings. The van der Waals surface area contributed by atoms with Gasteiger partial charge in [-0.3, -0.25) is 14.4 Å². The molecule has 1 aliphatic rings. The summed E-state index contributed by atoms with van der Waals surface area (Å²) in [6.45, 7) is 1.49. The molecule has 0 radical (unpaired) electrons. The molecule has 6 nitrogen and oxygen atoms in total. The summed E-state index contributed by atoms with van der Waals surface area (Å²) in [4.78, 5) is 35.9. The summed E-state index contributed by atoms with van der Waals surface area (Å²) < 4.78 is 5.21. The molecule has 2 atom stereocenters. The molecule has 2 unspecified atom stereocenters. The van der Waals surface area contributed by atoms with E-state index in [1.54, 1.807) is 42.5 Å². The third-order valence-corrected chi connectivity index (χ3v) is 4.39. The van der Waals surface area contributed by atoms with Crippen LogP contribution in [0.3, 0.4) is 0 Å². The quantitative estimate of drug-likeness (QED) is 0.783. The Hall–Kier alpha value is -3.15. The van der Waals surface area contributed by atoms with E-state index in [9.17, 15) is 14.4 Å². The Balaban J connectivity index is 1.56. The van der Waals surface area contributed by atoms with Crippen LogP contribution in [-0.2, 0) is 9.59 Å². The van der Waals surface area contributed by atoms with Gasteiger partial charge in [0.25, 0.3) is 0 Å². The Morgan fingerprint density at radius 1 is 0.923 bits per heavy atom. The minimum absolute atomic E-state index is 0.0295. The summed E-state index contributed by atoms with van der Waals surface area (Å²) in [5.41, 5.74) is 1.78. The van der Waals surface area contributed by atoms with Crippen molar-refractivity contribution >= 4 is 29.0 Å². The minimum Gasteiger partial charge on any atom is -0.495 e. The molecule has 0 heterocycles. The molecule has 0 spiro atoms. The van der Waals surface area contributed by atoms with Crippen LogP contribution in [0.15, 0.2) is 48.5 Å². The fourth-order valence-electron chi connectivity index (χ4n) is 2.77. The lowest BCUT2D eigenvalue weighted by Crippen LogP contribution is -2.20. The topological polar surface area (TPSA) is 84.5 Å². The maximum Gasteiger partial charge on any atom is 0.228 e. The van der Waals surface area contributed by atoms with Crippen molar-refractivity contribution in [2.75, 3.05) is 17.7 Å². The third-order valence-electron chi connectivity index (χ3n) is 4.39. The Bertz CT molecular complexity index is 845. The Morgan fingerprint density at radius 2 is 1.54 bits per heavy atom. The number of methoxy groups -OCH3 is 1. The van der Waals surface area contributed by atoms with Gasteiger partial charge in [0.2, 0.25) is 11.8 Å². The van der Waals surface area contributed by atoms with Gasteiger partial charge in [0.05, 0.1) is 24.6 Å². The number of carbonyl (C=O) groups is 3. The van der Waals surface area contributed by atoms with Crippen molar-refractivity contribution in [1.29, 1.82) is 0 Å². The maximum absolute atomic E-state index is 12.3. The number of hydrogen-bond acceptors (Lipinski definition) is 4. The van der Waals surface area contributed by atoms with Crippen LogP contribution in [0, 0.1) is 11.8 Å². The monoisotopic (exact) mass is 352 g/mol. The molecule has 1 fully saturated rings. The Morgan fingerprint density at radius 3 is 2.15 bits per heavy atom. The second kappa shape index (κ2) is 7.39. The van der Waals surface area contributed by atoms with Gasteiger partial charge in [-0.25, -0.2) is 0 Å². The zero-order valence-electron chi connectivity index (χ0n) is 14.6. The van der Waals surface area contributed by atoms with Gasteiger partial charge in [0, 0.05) is 11.3 Å². The van der Waals surface area contributed by atoms with Gasteiger partial charge >= 0.3 is 0 Å². The summed E-state index contributed by atoms with van der Waals surface area (Å²) >= 11 is 0. The van der Waals surface area contributed by atoms with Gasteiger partial charge in [-0.2, -0.15) is 0 Å². The fraction of sp³-hybridized carbons (Fsp3) is 0.250. The number of carbonyl (C=O) groups excluding carboxylic acids is 3. The van der Waals surface area contributed by atoms with Crippen LogP contribution in [0.2, 0.25) is 0 Å². The van der Waals surface area contributed by atoms with Gasteiger partial charge in [0.15, 0.2) is 5.78 Å². The first kappa shape index (κ1) is 17.7. The number of Topliss-reactive ketones (excluding diaryl/α,β-unsaturated/α-hetero) is 1. The van der Waals surface area contributed by atoms with Gasteiger partial charge in [-0.1, -0.05) is 12.1 Å². The van der Waals surface area contributed by atoms with Crippen molar-refractivity contribution in [3.05, 3.63) is 54.1 Å². The molecule has 134 valence electrons. The molecule has 6 heteroatoms. The smallest absolute Gasteiger partial charge is 0.228 e. The molecule has 0 bridgehead atoms. The molecule has 26 heavy (non-hydrogen) atoms. The van der Waals surface area contributed by atoms with Crippen LogP contribution in [0.25, 0.3) is 0 Å². The highest BCUT2D eigenvalue weighted by Crippen LogP contribution is 2.40. The Labute approximate surface area is 151 Å². The van der Waals surface area contributed by atoms with Crippen LogP contribution in [0.4, 0.5) is 11.4 Å². The second-order valence-electron chi connectivity index (χ2n) is 6.26. The van der Waals surface area contributed by atoms with E-state index in [2.05, 4.69) is 10.6 Å². The van der Waals surface area contributed by atoms with E-state index in [0.29, 0.717) is 29.1 Å². The minimum atomic E-state index is -0.351. The highest BCUT2D eigenvalue weighted by atomic mass is 16.5. The first-order chi connectivity index (χ1) is 12.5. The largest absolute Gasteiger partial charge is 0.495 e. The summed E-state index contributed by atoms with van der Waals surface area (Å²) in [7, 11) is 1.54. The summed E-state index contributed by atoms with van der Waals surface area (Å²) in [5.74, 6) is -0.540. The van der Waals surface area contributed by atoms with E-state index < -0.39 is 0 Å². The molecule has 2 aromatic carbocycles. The predicted molar refractivity (Wildman–Crippen MR) is 98.3 cm³/mol. The number of anilines is 2. The number of rotatable bonds is 6. The molecule has 0 saturated heterocycles. The van der Waals surface area contributed by atoms with E-state index in [0.717, 1.165) is 0 Å². The van der Waals surface area contributed by atoms with Crippen molar-refractivity contribution in [1.82, 2.24) is 0 Å². The number of hydrogen-bond donors (Lipinski definition) is 2. The molecule has 0 aliphatic heterocycles. The van der Waals surface area contributed by atoms with Gasteiger partial charge < -0.3 is 15.4 Å². The number of benzene rings is 2. The first-order valence-corrected chi connectivity index (χ1v) is 8.35. The van der Waals surface area contributed by atoms with E-state index >= 15 is 0 Å². The summed E-state index contributed by atoms with van der Waals surface area (Å²) in [6.07, 6.45) is 0.512. The van der Waals surface area contributed by atoms with Crippen molar-refractivity contribution < 1.29 is 19.1 Å². The van der Waals surface area contributed by atoms with Crippen LogP contribution < -0.4 is 15.4 Å². The molecule has 1 aliphatic carbocycles. The molecular weight excluding hydrogens is 332 g/mol. The molecule has 2 amide bonds. The van der Waals surface area contributed by atoms with E-state index in [1.165, 1.54) is 14.0 Å². The normalized spacial score (nSPS) is 17.9. The highest BCUT2D eigenvalue weighted by Gasteiger charge is 2.48. The average Bonchev–Trinajstić information content (AvgIpc) is 3.43. The van der Waals surface area contributed by atoms with E-state index in [4.69, 9.17) is 4.74 Å². The average molecular weight is 352 g/mol. The third kappa shape index (κ3) is 3.91. The highest BCUT2D eigenvalue weighted by molar-refractivity contribution is 6.04. The molecule has 0 aromatic heterocycles. The zero-order chi connectivity index (χ0) is 18.7. The fourth-order valence-corrected chi connectivity index (χ4v) is 2.77. The first-order valence-electron chi connectivity index (χ1n) is 8.35. The lowest BCUT2D eigenvalue weighted by molar-refractivity contribution is -0.122. The van der Waals surface area contributed by atoms with Gasteiger partial charge in [-0.15, -0.1) is 0 Å². The van der Waals surface area contributed by atoms with Crippen LogP contribution in [0.5, 0.6) is 5.75 Å². The SMILES string of the molecule is COc1ccccc1NC(=O)C1CC1C(=O)Nc1ccc(C(C)=O)cc1. The molecule has 3 rings (SSSR count). The van der Waals surface area contributed by atoms with Gasteiger partial charge in [-0.05, 0) is 49.7 Å². The van der Waals surface area contributed by atoms with E-state index in [1.807, 2.05) is 6.07 Å². The summed E-state index contributed by atoms with van der Waals surface area (Å²) in [6, 6.07) is 13.8. The van der Waals surface area contributed by atoms with Crippen LogP contribution in [0.1, 0.15) is 23.7 Å². The van der Waals surface area contributed by atoms with Crippen molar-refractivity contribution in [3.63, 3.8) is 0 Å². The molecule has 2 N–H and O–H groups in total. The van der Waals surface area contributed by atoms with E-state index in [-0.39, 0.29) is 29.4 Å². The molecule has 1 saturated carbocycles. The lowest BCUT2D eigenvalue weighted by Gasteiger charge is -2.10. The predicted octanol–water partition coefficient (Wildman–Crippen LogP) is 3.11. The summed E-state index contributed by atoms with van der Waals surface area (Å²) in [5, 5.41) is 5.60. The number of amides is 2. The maximum atomic E-state index is 12.3.